The first kappa shape index (κ1) is 21.9. The van der Waals surface area contributed by atoms with Crippen LogP contribution in [0.3, 0.4) is 0 Å². The average Bonchev–Trinajstić information content (AvgIpc) is 3.35. The topological polar surface area (TPSA) is 59.2 Å². The van der Waals surface area contributed by atoms with Crippen LogP contribution in [-0.4, -0.2) is 30.5 Å². The maximum Gasteiger partial charge on any atom is 0.279 e. The summed E-state index contributed by atoms with van der Waals surface area (Å²) in [4.78, 5) is 20.4. The minimum Gasteiger partial charge on any atom is -0.497 e. The molecule has 2 heterocycles. The van der Waals surface area contributed by atoms with Gasteiger partial charge in [-0.25, -0.2) is 9.67 Å². The third-order valence-corrected chi connectivity index (χ3v) is 6.68. The van der Waals surface area contributed by atoms with E-state index in [0.29, 0.717) is 10.5 Å². The molecule has 0 spiro atoms. The Morgan fingerprint density at radius 3 is 2.47 bits per heavy atom. The fraction of sp³-hybridized carbons (Fsp3) is 0.148. The minimum absolute atomic E-state index is 0.141. The molecule has 170 valence electrons. The van der Waals surface area contributed by atoms with E-state index in [-0.39, 0.29) is 5.91 Å². The number of para-hydroxylation sites is 1. The van der Waals surface area contributed by atoms with Gasteiger partial charge in [0.25, 0.3) is 5.91 Å². The van der Waals surface area contributed by atoms with E-state index in [1.165, 1.54) is 16.9 Å². The van der Waals surface area contributed by atoms with Crippen molar-refractivity contribution in [3.05, 3.63) is 93.6 Å². The molecule has 1 amide bonds. The molecule has 0 unspecified atom stereocenters. The number of likely N-dealkylation sites (N-methyl/N-ethyl adjacent to an activating group) is 1. The van der Waals surface area contributed by atoms with Crippen LogP contribution in [0.2, 0.25) is 0 Å². The van der Waals surface area contributed by atoms with Crippen molar-refractivity contribution in [3.63, 3.8) is 0 Å². The molecule has 1 aromatic heterocycles. The van der Waals surface area contributed by atoms with Crippen molar-refractivity contribution in [2.24, 2.45) is 10.1 Å². The van der Waals surface area contributed by atoms with E-state index in [0.717, 1.165) is 39.5 Å². The van der Waals surface area contributed by atoms with Gasteiger partial charge in [0, 0.05) is 23.6 Å². The Balaban J connectivity index is 1.74. The molecule has 0 aliphatic carbocycles. The third kappa shape index (κ3) is 3.84. The highest BCUT2D eigenvalue weighted by molar-refractivity contribution is 7.07. The number of methoxy groups -OCH3 is 1. The summed E-state index contributed by atoms with van der Waals surface area (Å²) in [5.74, 6) is 0.636. The van der Waals surface area contributed by atoms with Crippen molar-refractivity contribution in [2.75, 3.05) is 19.1 Å². The predicted molar refractivity (Wildman–Crippen MR) is 137 cm³/mol. The summed E-state index contributed by atoms with van der Waals surface area (Å²) in [5, 5.41) is 6.90. The SMILES string of the molecule is COc1ccc(-c2csc(=Nc3ccc(C)cc3C)n2N=C2C(=O)N(C)c3ccccc32)cc1. The molecule has 0 N–H and O–H groups in total. The monoisotopic (exact) mass is 468 g/mol. The fourth-order valence-electron chi connectivity index (χ4n) is 4.01. The van der Waals surface area contributed by atoms with E-state index in [9.17, 15) is 4.79 Å². The molecular weight excluding hydrogens is 444 g/mol. The Bertz CT molecular complexity index is 1500. The Hall–Kier alpha value is -3.97. The molecule has 5 rings (SSSR count). The molecule has 4 aromatic rings. The number of benzene rings is 3. The molecule has 1 aliphatic rings. The summed E-state index contributed by atoms with van der Waals surface area (Å²) in [6.07, 6.45) is 0. The quantitative estimate of drug-likeness (QED) is 0.408. The highest BCUT2D eigenvalue weighted by Gasteiger charge is 2.31. The number of carbonyl (C=O) groups is 1. The molecule has 0 fully saturated rings. The highest BCUT2D eigenvalue weighted by atomic mass is 32.1. The molecule has 0 atom stereocenters. The smallest absolute Gasteiger partial charge is 0.279 e. The number of carbonyl (C=O) groups excluding carboxylic acids is 1. The van der Waals surface area contributed by atoms with E-state index in [2.05, 4.69) is 13.0 Å². The first-order chi connectivity index (χ1) is 16.5. The molecule has 6 nitrogen and oxygen atoms in total. The van der Waals surface area contributed by atoms with Gasteiger partial charge < -0.3 is 9.64 Å². The van der Waals surface area contributed by atoms with Crippen LogP contribution in [-0.2, 0) is 4.79 Å². The lowest BCUT2D eigenvalue weighted by atomic mass is 10.1. The van der Waals surface area contributed by atoms with Crippen molar-refractivity contribution in [3.8, 4) is 17.0 Å². The summed E-state index contributed by atoms with van der Waals surface area (Å²) in [5.41, 5.74) is 7.00. The lowest BCUT2D eigenvalue weighted by molar-refractivity contribution is -0.112. The first-order valence-electron chi connectivity index (χ1n) is 10.9. The summed E-state index contributed by atoms with van der Waals surface area (Å²) in [6.45, 7) is 4.11. The molecule has 0 saturated heterocycles. The summed E-state index contributed by atoms with van der Waals surface area (Å²) < 4.78 is 7.09. The van der Waals surface area contributed by atoms with E-state index in [1.54, 1.807) is 23.7 Å². The van der Waals surface area contributed by atoms with Gasteiger partial charge in [-0.15, -0.1) is 11.3 Å². The largest absolute Gasteiger partial charge is 0.497 e. The summed E-state index contributed by atoms with van der Waals surface area (Å²) in [7, 11) is 3.42. The number of nitrogens with zero attached hydrogens (tertiary/aromatic N) is 4. The van der Waals surface area contributed by atoms with Crippen molar-refractivity contribution >= 4 is 34.3 Å². The maximum atomic E-state index is 13.1. The van der Waals surface area contributed by atoms with Crippen LogP contribution >= 0.6 is 11.3 Å². The zero-order chi connectivity index (χ0) is 23.8. The van der Waals surface area contributed by atoms with Gasteiger partial charge in [0.15, 0.2) is 5.71 Å². The van der Waals surface area contributed by atoms with Crippen molar-refractivity contribution in [1.82, 2.24) is 4.68 Å². The predicted octanol–water partition coefficient (Wildman–Crippen LogP) is 5.30. The molecule has 3 aromatic carbocycles. The van der Waals surface area contributed by atoms with Gasteiger partial charge >= 0.3 is 0 Å². The number of rotatable bonds is 4. The molecule has 0 bridgehead atoms. The molecule has 34 heavy (non-hydrogen) atoms. The fourth-order valence-corrected chi connectivity index (χ4v) is 4.86. The van der Waals surface area contributed by atoms with Gasteiger partial charge in [-0.05, 0) is 55.8 Å². The second-order valence-electron chi connectivity index (χ2n) is 8.18. The lowest BCUT2D eigenvalue weighted by Gasteiger charge is -2.08. The first-order valence-corrected chi connectivity index (χ1v) is 11.8. The standard InChI is InChI=1S/C27H24N4O2S/c1-17-9-14-22(18(2)15-17)28-27-31(24(16-34-27)19-10-12-20(33-4)13-11-19)29-25-21-7-5-6-8-23(21)30(3)26(25)32/h5-16H,1-4H3. The molecule has 0 saturated carbocycles. The maximum absolute atomic E-state index is 13.1. The minimum atomic E-state index is -0.141. The summed E-state index contributed by atoms with van der Waals surface area (Å²) >= 11 is 1.49. The number of aromatic nitrogens is 1. The summed E-state index contributed by atoms with van der Waals surface area (Å²) in [6, 6.07) is 21.7. The van der Waals surface area contributed by atoms with Crippen molar-refractivity contribution in [2.45, 2.75) is 13.8 Å². The van der Waals surface area contributed by atoms with Crippen LogP contribution in [0.1, 0.15) is 16.7 Å². The number of fused-ring (bicyclic) bond motifs is 1. The number of thiazole rings is 1. The van der Waals surface area contributed by atoms with E-state index < -0.39 is 0 Å². The van der Waals surface area contributed by atoms with Crippen LogP contribution in [0.5, 0.6) is 5.75 Å². The Labute approximate surface area is 202 Å². The van der Waals surface area contributed by atoms with Gasteiger partial charge in [0.1, 0.15) is 5.75 Å². The molecule has 1 aliphatic heterocycles. The van der Waals surface area contributed by atoms with E-state index in [1.807, 2.05) is 73.0 Å². The van der Waals surface area contributed by atoms with E-state index in [4.69, 9.17) is 14.8 Å². The van der Waals surface area contributed by atoms with Gasteiger partial charge in [0.05, 0.1) is 24.2 Å². The zero-order valence-corrected chi connectivity index (χ0v) is 20.3. The normalized spacial score (nSPS) is 14.7. The Kier molecular flexibility index (Phi) is 5.63. The second kappa shape index (κ2) is 8.76. The number of amides is 1. The Morgan fingerprint density at radius 2 is 1.74 bits per heavy atom. The zero-order valence-electron chi connectivity index (χ0n) is 19.4. The van der Waals surface area contributed by atoms with Gasteiger partial charge in [0.2, 0.25) is 4.80 Å². The van der Waals surface area contributed by atoms with Gasteiger partial charge in [-0.2, -0.15) is 5.10 Å². The highest BCUT2D eigenvalue weighted by Crippen LogP contribution is 2.29. The average molecular weight is 469 g/mol. The van der Waals surface area contributed by atoms with Crippen LogP contribution < -0.4 is 14.4 Å². The van der Waals surface area contributed by atoms with Gasteiger partial charge in [-0.3, -0.25) is 4.79 Å². The number of aryl methyl sites for hydroxylation is 2. The van der Waals surface area contributed by atoms with Crippen molar-refractivity contribution < 1.29 is 9.53 Å². The van der Waals surface area contributed by atoms with E-state index >= 15 is 0 Å². The second-order valence-corrected chi connectivity index (χ2v) is 9.01. The van der Waals surface area contributed by atoms with Crippen LogP contribution in [0.4, 0.5) is 11.4 Å². The van der Waals surface area contributed by atoms with Crippen LogP contribution in [0.25, 0.3) is 11.3 Å². The molecule has 7 heteroatoms. The molecular formula is C27H24N4O2S. The van der Waals surface area contributed by atoms with Gasteiger partial charge in [-0.1, -0.05) is 35.9 Å². The number of hydrogen-bond acceptors (Lipinski definition) is 5. The van der Waals surface area contributed by atoms with Crippen LogP contribution in [0, 0.1) is 13.8 Å². The van der Waals surface area contributed by atoms with Crippen LogP contribution in [0.15, 0.2) is 82.2 Å². The van der Waals surface area contributed by atoms with Crippen molar-refractivity contribution in [1.29, 1.82) is 0 Å². The molecule has 0 radical (unpaired) electrons. The third-order valence-electron chi connectivity index (χ3n) is 5.87. The Morgan fingerprint density at radius 1 is 0.971 bits per heavy atom. The number of anilines is 1. The lowest BCUT2D eigenvalue weighted by Crippen LogP contribution is -2.27. The number of ether oxygens (including phenoxy) is 1. The number of hydrogen-bond donors (Lipinski definition) is 0.